The summed E-state index contributed by atoms with van der Waals surface area (Å²) in [5.74, 6) is 0.890. The number of nitrogens with one attached hydrogen (secondary N) is 1. The minimum absolute atomic E-state index is 0.128. The summed E-state index contributed by atoms with van der Waals surface area (Å²) < 4.78 is 1.11. The molecule has 0 aliphatic carbocycles. The summed E-state index contributed by atoms with van der Waals surface area (Å²) in [5, 5.41) is 3.23. The third-order valence-corrected chi connectivity index (χ3v) is 4.52. The third-order valence-electron chi connectivity index (χ3n) is 2.94. The maximum atomic E-state index is 11.9. The molecule has 1 heterocycles. The Morgan fingerprint density at radius 1 is 1.53 bits per heavy atom. The summed E-state index contributed by atoms with van der Waals surface area (Å²) in [7, 11) is 0. The van der Waals surface area contributed by atoms with Crippen molar-refractivity contribution in [3.05, 3.63) is 40.9 Å². The van der Waals surface area contributed by atoms with Gasteiger partial charge in [0, 0.05) is 22.9 Å². The van der Waals surface area contributed by atoms with Crippen LogP contribution in [0.2, 0.25) is 0 Å². The fraction of sp³-hybridized carbons (Fsp3) is 0.357. The van der Waals surface area contributed by atoms with Crippen molar-refractivity contribution in [1.29, 1.82) is 0 Å². The summed E-state index contributed by atoms with van der Waals surface area (Å²) in [6, 6.07) is 8.34. The highest BCUT2D eigenvalue weighted by Gasteiger charge is 2.24. The van der Waals surface area contributed by atoms with Crippen LogP contribution in [-0.2, 0) is 11.2 Å². The molecular weight excluding hydrogens is 371 g/mol. The van der Waals surface area contributed by atoms with Crippen LogP contribution in [0.4, 0.5) is 5.69 Å². The van der Waals surface area contributed by atoms with Gasteiger partial charge in [-0.05, 0) is 31.0 Å². The number of thioether (sulfide) groups is 1. The molecule has 1 aliphatic rings. The highest BCUT2D eigenvalue weighted by molar-refractivity contribution is 14.1. The first-order chi connectivity index (χ1) is 9.24. The molecule has 0 saturated carbocycles. The molecule has 0 atom stereocenters. The Balaban J connectivity index is 2.02. The van der Waals surface area contributed by atoms with Crippen molar-refractivity contribution >= 4 is 45.9 Å². The van der Waals surface area contributed by atoms with E-state index < -0.39 is 0 Å². The molecule has 1 aromatic rings. The number of benzene rings is 1. The average molecular weight is 388 g/mol. The Morgan fingerprint density at radius 3 is 3.05 bits per heavy atom. The van der Waals surface area contributed by atoms with E-state index in [9.17, 15) is 4.79 Å². The lowest BCUT2D eigenvalue weighted by molar-refractivity contribution is -0.124. The number of anilines is 1. The number of hydrogen-bond donors (Lipinski definition) is 1. The summed E-state index contributed by atoms with van der Waals surface area (Å²) in [4.78, 5) is 14.6. The molecule has 5 heteroatoms. The Morgan fingerprint density at radius 2 is 2.37 bits per heavy atom. The van der Waals surface area contributed by atoms with Gasteiger partial charge in [0.2, 0.25) is 0 Å². The van der Waals surface area contributed by atoms with E-state index in [0.29, 0.717) is 0 Å². The first kappa shape index (κ1) is 14.7. The minimum atomic E-state index is 0.128. The van der Waals surface area contributed by atoms with E-state index in [1.807, 2.05) is 30.2 Å². The maximum Gasteiger partial charge on any atom is 0.262 e. The topological polar surface area (TPSA) is 32.3 Å². The van der Waals surface area contributed by atoms with Crippen LogP contribution in [0.3, 0.4) is 0 Å². The highest BCUT2D eigenvalue weighted by atomic mass is 127. The van der Waals surface area contributed by atoms with Crippen molar-refractivity contribution in [3.63, 3.8) is 0 Å². The molecule has 0 radical (unpaired) electrons. The molecule has 0 aromatic heterocycles. The fourth-order valence-electron chi connectivity index (χ4n) is 1.84. The number of nitrogens with zero attached hydrogens (tertiary/aromatic N) is 1. The van der Waals surface area contributed by atoms with Crippen LogP contribution in [0.25, 0.3) is 0 Å². The second-order valence-corrected chi connectivity index (χ2v) is 6.29. The van der Waals surface area contributed by atoms with Gasteiger partial charge in [0.1, 0.15) is 0 Å². The van der Waals surface area contributed by atoms with Gasteiger partial charge in [-0.3, -0.25) is 4.79 Å². The molecule has 0 spiro atoms. The van der Waals surface area contributed by atoms with E-state index in [-0.39, 0.29) is 5.91 Å². The van der Waals surface area contributed by atoms with Gasteiger partial charge in [0.25, 0.3) is 5.91 Å². The van der Waals surface area contributed by atoms with E-state index >= 15 is 0 Å². The molecular formula is C14H17IN2OS. The largest absolute Gasteiger partial charge is 0.360 e. The van der Waals surface area contributed by atoms with Crippen molar-refractivity contribution in [2.24, 2.45) is 0 Å². The second-order valence-electron chi connectivity index (χ2n) is 4.23. The molecule has 0 bridgehead atoms. The number of hydrogen-bond acceptors (Lipinski definition) is 3. The lowest BCUT2D eigenvalue weighted by Crippen LogP contribution is -2.24. The van der Waals surface area contributed by atoms with Gasteiger partial charge in [0.05, 0.1) is 10.8 Å². The van der Waals surface area contributed by atoms with E-state index in [2.05, 4.69) is 40.0 Å². The molecule has 2 rings (SSSR count). The van der Waals surface area contributed by atoms with E-state index in [4.69, 9.17) is 0 Å². The summed E-state index contributed by atoms with van der Waals surface area (Å²) in [6.45, 7) is 2.77. The standard InChI is InChI=1S/C14H17IN2OS/c1-2-17-10-19-13(14(17)18)9-16-12-5-3-4-11(8-12)6-7-15/h3-5,8-9,16H,2,6-7,10H2,1H3. The molecule has 1 aromatic carbocycles. The van der Waals surface area contributed by atoms with Crippen molar-refractivity contribution < 1.29 is 4.79 Å². The highest BCUT2D eigenvalue weighted by Crippen LogP contribution is 2.27. The van der Waals surface area contributed by atoms with Crippen molar-refractivity contribution in [3.8, 4) is 0 Å². The third kappa shape index (κ3) is 3.89. The van der Waals surface area contributed by atoms with Crippen LogP contribution in [-0.4, -0.2) is 27.7 Å². The van der Waals surface area contributed by atoms with Gasteiger partial charge in [-0.2, -0.15) is 0 Å². The number of amides is 1. The molecule has 1 saturated heterocycles. The van der Waals surface area contributed by atoms with Crippen molar-refractivity contribution in [1.82, 2.24) is 4.90 Å². The smallest absolute Gasteiger partial charge is 0.262 e. The second kappa shape index (κ2) is 7.19. The molecule has 0 unspecified atom stereocenters. The number of rotatable bonds is 5. The fourth-order valence-corrected chi connectivity index (χ4v) is 3.45. The molecule has 1 amide bonds. The van der Waals surface area contributed by atoms with Gasteiger partial charge < -0.3 is 10.2 Å². The Hall–Kier alpha value is -0.690. The SMILES string of the molecule is CCN1CSC(=CNc2cccc(CCI)c2)C1=O. The average Bonchev–Trinajstić information content (AvgIpc) is 2.78. The van der Waals surface area contributed by atoms with Crippen LogP contribution < -0.4 is 5.32 Å². The number of halogens is 1. The summed E-state index contributed by atoms with van der Waals surface area (Å²) >= 11 is 3.97. The molecule has 1 fully saturated rings. The minimum Gasteiger partial charge on any atom is -0.360 e. The lowest BCUT2D eigenvalue weighted by atomic mass is 10.1. The predicted molar refractivity (Wildman–Crippen MR) is 90.6 cm³/mol. The quantitative estimate of drug-likeness (QED) is 0.476. The zero-order valence-electron chi connectivity index (χ0n) is 10.9. The zero-order chi connectivity index (χ0) is 13.7. The first-order valence-electron chi connectivity index (χ1n) is 6.28. The van der Waals surface area contributed by atoms with Crippen molar-refractivity contribution in [2.75, 3.05) is 22.2 Å². The normalized spacial score (nSPS) is 17.3. The van der Waals surface area contributed by atoms with Crippen LogP contribution in [0.15, 0.2) is 35.4 Å². The Bertz CT molecular complexity index is 490. The molecule has 19 heavy (non-hydrogen) atoms. The molecule has 102 valence electrons. The predicted octanol–water partition coefficient (Wildman–Crippen LogP) is 3.47. The molecule has 3 nitrogen and oxygen atoms in total. The Labute approximate surface area is 132 Å². The van der Waals surface area contributed by atoms with Crippen molar-refractivity contribution in [2.45, 2.75) is 13.3 Å². The van der Waals surface area contributed by atoms with Gasteiger partial charge in [0.15, 0.2) is 0 Å². The van der Waals surface area contributed by atoms with Crippen LogP contribution >= 0.6 is 34.4 Å². The number of carbonyl (C=O) groups excluding carboxylic acids is 1. The Kier molecular flexibility index (Phi) is 5.57. The van der Waals surface area contributed by atoms with Crippen LogP contribution in [0.5, 0.6) is 0 Å². The zero-order valence-corrected chi connectivity index (χ0v) is 13.8. The number of aryl methyl sites for hydroxylation is 1. The number of alkyl halides is 1. The van der Waals surface area contributed by atoms with Gasteiger partial charge in [-0.1, -0.05) is 46.5 Å². The van der Waals surface area contributed by atoms with Gasteiger partial charge >= 0.3 is 0 Å². The molecule has 1 N–H and O–H groups in total. The van der Waals surface area contributed by atoms with Gasteiger partial charge in [-0.15, -0.1) is 0 Å². The van der Waals surface area contributed by atoms with E-state index in [0.717, 1.165) is 33.9 Å². The summed E-state index contributed by atoms with van der Waals surface area (Å²) in [5.41, 5.74) is 2.36. The number of carbonyl (C=O) groups is 1. The van der Waals surface area contributed by atoms with E-state index in [1.54, 1.807) is 11.8 Å². The first-order valence-corrected chi connectivity index (χ1v) is 8.79. The summed E-state index contributed by atoms with van der Waals surface area (Å²) in [6.07, 6.45) is 2.90. The monoisotopic (exact) mass is 388 g/mol. The van der Waals surface area contributed by atoms with Crippen LogP contribution in [0.1, 0.15) is 12.5 Å². The maximum absolute atomic E-state index is 11.9. The lowest BCUT2D eigenvalue weighted by Gasteiger charge is -2.09. The van der Waals surface area contributed by atoms with Crippen LogP contribution in [0, 0.1) is 0 Å². The number of likely N-dealkylation sites (N-methyl/N-ethyl adjacent to an activating group) is 1. The van der Waals surface area contributed by atoms with Gasteiger partial charge in [-0.25, -0.2) is 0 Å². The van der Waals surface area contributed by atoms with E-state index in [1.165, 1.54) is 5.56 Å². The molecule has 1 aliphatic heterocycles.